The second kappa shape index (κ2) is 5.94. The lowest BCUT2D eigenvalue weighted by atomic mass is 10.0. The Bertz CT molecular complexity index is 359. The number of hydrogen-bond donors (Lipinski definition) is 1. The van der Waals surface area contributed by atoms with E-state index >= 15 is 0 Å². The SMILES string of the molecule is OC(CCC(F)(F)F)Cc1c(Cl)cccc1Cl. The predicted octanol–water partition coefficient (Wildman–Crippen LogP) is 4.24. The fourth-order valence-corrected chi connectivity index (χ4v) is 1.95. The minimum absolute atomic E-state index is 0.0224. The molecule has 0 aromatic heterocycles. The van der Waals surface area contributed by atoms with Gasteiger partial charge in [-0.2, -0.15) is 13.2 Å². The highest BCUT2D eigenvalue weighted by Crippen LogP contribution is 2.28. The van der Waals surface area contributed by atoms with Gasteiger partial charge in [-0.05, 0) is 24.1 Å². The summed E-state index contributed by atoms with van der Waals surface area (Å²) in [7, 11) is 0. The van der Waals surface area contributed by atoms with Crippen LogP contribution in [0, 0.1) is 0 Å². The molecule has 0 spiro atoms. The molecule has 0 aliphatic carbocycles. The quantitative estimate of drug-likeness (QED) is 0.878. The maximum atomic E-state index is 12.0. The van der Waals surface area contributed by atoms with Crippen molar-refractivity contribution in [1.29, 1.82) is 0 Å². The standard InChI is InChI=1S/C11H11Cl2F3O/c12-9-2-1-3-10(13)8(9)6-7(17)4-5-11(14,15)16/h1-3,7,17H,4-6H2. The molecule has 0 aliphatic rings. The zero-order chi connectivity index (χ0) is 13.1. The van der Waals surface area contributed by atoms with Crippen molar-refractivity contribution in [3.8, 4) is 0 Å². The van der Waals surface area contributed by atoms with Crippen molar-refractivity contribution < 1.29 is 18.3 Å². The highest BCUT2D eigenvalue weighted by molar-refractivity contribution is 6.35. The van der Waals surface area contributed by atoms with E-state index in [1.807, 2.05) is 0 Å². The van der Waals surface area contributed by atoms with Crippen LogP contribution in [0.25, 0.3) is 0 Å². The van der Waals surface area contributed by atoms with Crippen molar-refractivity contribution in [3.63, 3.8) is 0 Å². The maximum absolute atomic E-state index is 12.0. The smallest absolute Gasteiger partial charge is 0.389 e. The Morgan fingerprint density at radius 1 is 1.18 bits per heavy atom. The van der Waals surface area contributed by atoms with Crippen LogP contribution in [0.2, 0.25) is 10.0 Å². The number of alkyl halides is 3. The first-order valence-electron chi connectivity index (χ1n) is 4.97. The van der Waals surface area contributed by atoms with Gasteiger partial charge in [-0.3, -0.25) is 0 Å². The van der Waals surface area contributed by atoms with E-state index in [4.69, 9.17) is 23.2 Å². The van der Waals surface area contributed by atoms with Gasteiger partial charge in [-0.25, -0.2) is 0 Å². The lowest BCUT2D eigenvalue weighted by Crippen LogP contribution is -2.16. The van der Waals surface area contributed by atoms with Gasteiger partial charge in [0.15, 0.2) is 0 Å². The van der Waals surface area contributed by atoms with Crippen LogP contribution in [0.1, 0.15) is 18.4 Å². The molecule has 1 atom stereocenters. The average Bonchev–Trinajstić information content (AvgIpc) is 2.20. The minimum Gasteiger partial charge on any atom is -0.393 e. The first kappa shape index (κ1) is 14.6. The first-order chi connectivity index (χ1) is 7.79. The van der Waals surface area contributed by atoms with Crippen molar-refractivity contribution in [2.24, 2.45) is 0 Å². The van der Waals surface area contributed by atoms with Crippen LogP contribution in [0.4, 0.5) is 13.2 Å². The topological polar surface area (TPSA) is 20.2 Å². The summed E-state index contributed by atoms with van der Waals surface area (Å²) in [5.74, 6) is 0. The molecule has 0 heterocycles. The molecule has 0 fully saturated rings. The molecular formula is C11H11Cl2F3O. The van der Waals surface area contributed by atoms with Crippen molar-refractivity contribution in [2.75, 3.05) is 0 Å². The van der Waals surface area contributed by atoms with Gasteiger partial charge in [0.25, 0.3) is 0 Å². The third-order valence-electron chi connectivity index (χ3n) is 2.26. The highest BCUT2D eigenvalue weighted by atomic mass is 35.5. The summed E-state index contributed by atoms with van der Waals surface area (Å²) in [5, 5.41) is 10.2. The molecule has 96 valence electrons. The molecule has 1 unspecified atom stereocenters. The molecule has 1 aromatic rings. The molecule has 1 aromatic carbocycles. The van der Waals surface area contributed by atoms with Crippen LogP contribution in [-0.4, -0.2) is 17.4 Å². The molecule has 0 saturated carbocycles. The molecule has 17 heavy (non-hydrogen) atoms. The summed E-state index contributed by atoms with van der Waals surface area (Å²) >= 11 is 11.7. The van der Waals surface area contributed by atoms with E-state index < -0.39 is 18.7 Å². The van der Waals surface area contributed by atoms with E-state index in [1.165, 1.54) is 0 Å². The Morgan fingerprint density at radius 3 is 2.18 bits per heavy atom. The van der Waals surface area contributed by atoms with Gasteiger partial charge in [0, 0.05) is 22.9 Å². The van der Waals surface area contributed by atoms with Crippen molar-refractivity contribution in [1.82, 2.24) is 0 Å². The van der Waals surface area contributed by atoms with E-state index in [9.17, 15) is 18.3 Å². The number of aliphatic hydroxyl groups excluding tert-OH is 1. The average molecular weight is 287 g/mol. The molecule has 1 nitrogen and oxygen atoms in total. The van der Waals surface area contributed by atoms with Crippen molar-refractivity contribution >= 4 is 23.2 Å². The van der Waals surface area contributed by atoms with Crippen LogP contribution in [0.5, 0.6) is 0 Å². The van der Waals surface area contributed by atoms with Gasteiger partial charge in [0.05, 0.1) is 6.10 Å². The van der Waals surface area contributed by atoms with Gasteiger partial charge >= 0.3 is 6.18 Å². The van der Waals surface area contributed by atoms with Crippen LogP contribution >= 0.6 is 23.2 Å². The second-order valence-electron chi connectivity index (χ2n) is 3.71. The van der Waals surface area contributed by atoms with Gasteiger partial charge in [-0.15, -0.1) is 0 Å². The monoisotopic (exact) mass is 286 g/mol. The van der Waals surface area contributed by atoms with Gasteiger partial charge in [-0.1, -0.05) is 29.3 Å². The van der Waals surface area contributed by atoms with Crippen molar-refractivity contribution in [3.05, 3.63) is 33.8 Å². The summed E-state index contributed by atoms with van der Waals surface area (Å²) in [4.78, 5) is 0. The van der Waals surface area contributed by atoms with Crippen LogP contribution in [0.15, 0.2) is 18.2 Å². The number of aliphatic hydroxyl groups is 1. The summed E-state index contributed by atoms with van der Waals surface area (Å²) in [6, 6.07) is 4.80. The number of hydrogen-bond acceptors (Lipinski definition) is 1. The molecule has 0 aliphatic heterocycles. The van der Waals surface area contributed by atoms with Crippen LogP contribution in [-0.2, 0) is 6.42 Å². The zero-order valence-electron chi connectivity index (χ0n) is 8.77. The summed E-state index contributed by atoms with van der Waals surface area (Å²) in [6.07, 6.45) is -6.71. The molecule has 0 bridgehead atoms. The number of rotatable bonds is 4. The summed E-state index contributed by atoms with van der Waals surface area (Å²) in [5.41, 5.74) is 0.477. The molecular weight excluding hydrogens is 276 g/mol. The first-order valence-corrected chi connectivity index (χ1v) is 5.73. The molecule has 0 radical (unpaired) electrons. The third kappa shape index (κ3) is 5.15. The van der Waals surface area contributed by atoms with Gasteiger partial charge < -0.3 is 5.11 Å². The molecule has 0 saturated heterocycles. The fraction of sp³-hybridized carbons (Fsp3) is 0.455. The Labute approximate surface area is 107 Å². The lowest BCUT2D eigenvalue weighted by Gasteiger charge is -2.14. The Kier molecular flexibility index (Phi) is 5.10. The van der Waals surface area contributed by atoms with Gasteiger partial charge in [0.2, 0.25) is 0 Å². The van der Waals surface area contributed by atoms with E-state index in [2.05, 4.69) is 0 Å². The Hall–Kier alpha value is -0.450. The largest absolute Gasteiger partial charge is 0.393 e. The molecule has 0 amide bonds. The highest BCUT2D eigenvalue weighted by Gasteiger charge is 2.28. The maximum Gasteiger partial charge on any atom is 0.389 e. The summed E-state index contributed by atoms with van der Waals surface area (Å²) < 4.78 is 35.9. The van der Waals surface area contributed by atoms with Crippen LogP contribution in [0.3, 0.4) is 0 Å². The van der Waals surface area contributed by atoms with Gasteiger partial charge in [0.1, 0.15) is 0 Å². The molecule has 6 heteroatoms. The Morgan fingerprint density at radius 2 is 1.71 bits per heavy atom. The minimum atomic E-state index is -4.26. The molecule has 1 N–H and O–H groups in total. The zero-order valence-corrected chi connectivity index (χ0v) is 10.3. The van der Waals surface area contributed by atoms with E-state index in [0.29, 0.717) is 15.6 Å². The lowest BCUT2D eigenvalue weighted by molar-refractivity contribution is -0.139. The molecule has 1 rings (SSSR count). The number of benzene rings is 1. The number of halogens is 5. The van der Waals surface area contributed by atoms with E-state index in [-0.39, 0.29) is 12.8 Å². The normalized spacial score (nSPS) is 13.8. The van der Waals surface area contributed by atoms with Crippen molar-refractivity contribution in [2.45, 2.75) is 31.5 Å². The third-order valence-corrected chi connectivity index (χ3v) is 2.97. The Balaban J connectivity index is 2.59. The van der Waals surface area contributed by atoms with Crippen LogP contribution < -0.4 is 0 Å². The van der Waals surface area contributed by atoms with E-state index in [0.717, 1.165) is 0 Å². The predicted molar refractivity (Wildman–Crippen MR) is 61.5 cm³/mol. The fourth-order valence-electron chi connectivity index (χ4n) is 1.40. The summed E-state index contributed by atoms with van der Waals surface area (Å²) in [6.45, 7) is 0. The second-order valence-corrected chi connectivity index (χ2v) is 4.53. The van der Waals surface area contributed by atoms with E-state index in [1.54, 1.807) is 18.2 Å².